The van der Waals surface area contributed by atoms with Crippen LogP contribution in [0, 0.1) is 0 Å². The fourth-order valence-electron chi connectivity index (χ4n) is 9.58. The molecule has 10 aromatic carbocycles. The van der Waals surface area contributed by atoms with Crippen molar-refractivity contribution in [2.24, 2.45) is 0 Å². The van der Waals surface area contributed by atoms with Crippen molar-refractivity contribution in [3.05, 3.63) is 212 Å². The molecule has 64 heavy (non-hydrogen) atoms. The molecule has 0 fully saturated rings. The van der Waals surface area contributed by atoms with E-state index in [1.165, 1.54) is 47.6 Å². The third-order valence-electron chi connectivity index (χ3n) is 12.6. The fraction of sp³-hybridized carbons (Fsp3) is 0. The van der Waals surface area contributed by atoms with E-state index < -0.39 is 0 Å². The topological polar surface area (TPSA) is 51.8 Å². The summed E-state index contributed by atoms with van der Waals surface area (Å²) in [4.78, 5) is 16.1. The van der Waals surface area contributed by atoms with E-state index in [4.69, 9.17) is 19.4 Å². The molecule has 0 aliphatic heterocycles. The lowest BCUT2D eigenvalue weighted by Gasteiger charge is -2.15. The van der Waals surface area contributed by atoms with Crippen LogP contribution >= 0.6 is 11.3 Å². The standard InChI is InChI=1S/C59H35N3OS/c1-2-14-36(15-3-1)42-31-32-49(44-20-7-6-19-43(42)44)59-61-57(39-29-33-55-51(34-39)46-22-10-11-27-54(46)64-55)60-58(62-59)48-23-9-8-21-45(48)47-25-13-26-52-56(47)50-30-28-38(35-53(50)63-52)41-24-12-17-37-16-4-5-18-40(37)41/h1-35H. The van der Waals surface area contributed by atoms with Crippen molar-refractivity contribution in [2.45, 2.75) is 0 Å². The number of rotatable bonds is 6. The van der Waals surface area contributed by atoms with E-state index in [1.54, 1.807) is 0 Å². The molecule has 0 atom stereocenters. The van der Waals surface area contributed by atoms with E-state index in [9.17, 15) is 0 Å². The second kappa shape index (κ2) is 14.7. The first-order chi connectivity index (χ1) is 31.7. The van der Waals surface area contributed by atoms with Gasteiger partial charge in [-0.15, -0.1) is 11.3 Å². The van der Waals surface area contributed by atoms with Crippen molar-refractivity contribution in [3.63, 3.8) is 0 Å². The summed E-state index contributed by atoms with van der Waals surface area (Å²) >= 11 is 1.81. The van der Waals surface area contributed by atoms with E-state index in [0.717, 1.165) is 66.1 Å². The van der Waals surface area contributed by atoms with E-state index in [2.05, 4.69) is 212 Å². The first-order valence-electron chi connectivity index (χ1n) is 21.5. The van der Waals surface area contributed by atoms with Crippen LogP contribution in [0.4, 0.5) is 0 Å². The third kappa shape index (κ3) is 5.93. The highest BCUT2D eigenvalue weighted by Crippen LogP contribution is 2.43. The van der Waals surface area contributed by atoms with Gasteiger partial charge in [-0.1, -0.05) is 164 Å². The van der Waals surface area contributed by atoms with Gasteiger partial charge in [0, 0.05) is 47.6 Å². The summed E-state index contributed by atoms with van der Waals surface area (Å²) in [5.74, 6) is 1.84. The van der Waals surface area contributed by atoms with Gasteiger partial charge in [-0.25, -0.2) is 15.0 Å². The van der Waals surface area contributed by atoms with Gasteiger partial charge in [0.1, 0.15) is 11.2 Å². The maximum Gasteiger partial charge on any atom is 0.164 e. The molecule has 0 N–H and O–H groups in total. The minimum absolute atomic E-state index is 0.602. The van der Waals surface area contributed by atoms with Gasteiger partial charge in [-0.05, 0) is 103 Å². The Bertz CT molecular complexity index is 3970. The van der Waals surface area contributed by atoms with Gasteiger partial charge in [0.25, 0.3) is 0 Å². The molecule has 0 bridgehead atoms. The Kier molecular flexibility index (Phi) is 8.36. The summed E-state index contributed by atoms with van der Waals surface area (Å²) in [7, 11) is 0. The highest BCUT2D eigenvalue weighted by Gasteiger charge is 2.21. The molecule has 0 saturated carbocycles. The largest absolute Gasteiger partial charge is 0.456 e. The summed E-state index contributed by atoms with van der Waals surface area (Å²) in [5.41, 5.74) is 11.2. The van der Waals surface area contributed by atoms with Crippen LogP contribution in [0.3, 0.4) is 0 Å². The van der Waals surface area contributed by atoms with Gasteiger partial charge in [0.2, 0.25) is 0 Å². The van der Waals surface area contributed by atoms with Crippen molar-refractivity contribution in [1.82, 2.24) is 15.0 Å². The number of aromatic nitrogens is 3. The first kappa shape index (κ1) is 36.4. The lowest BCUT2D eigenvalue weighted by atomic mass is 9.93. The molecule has 0 unspecified atom stereocenters. The van der Waals surface area contributed by atoms with Crippen LogP contribution in [0.2, 0.25) is 0 Å². The molecule has 5 heteroatoms. The van der Waals surface area contributed by atoms with Crippen LogP contribution in [0.1, 0.15) is 0 Å². The van der Waals surface area contributed by atoms with Crippen molar-refractivity contribution in [2.75, 3.05) is 0 Å². The Balaban J connectivity index is 1.01. The van der Waals surface area contributed by atoms with Gasteiger partial charge in [0.15, 0.2) is 17.5 Å². The predicted octanol–water partition coefficient (Wildman–Crippen LogP) is 16.4. The lowest BCUT2D eigenvalue weighted by Crippen LogP contribution is -2.01. The summed E-state index contributed by atoms with van der Waals surface area (Å²) in [6, 6.07) is 75.0. The minimum Gasteiger partial charge on any atom is -0.456 e. The molecule has 3 aromatic heterocycles. The van der Waals surface area contributed by atoms with Crippen LogP contribution in [-0.4, -0.2) is 15.0 Å². The van der Waals surface area contributed by atoms with E-state index in [-0.39, 0.29) is 0 Å². The highest BCUT2D eigenvalue weighted by atomic mass is 32.1. The molecule has 0 amide bonds. The SMILES string of the molecule is c1ccc(-c2ccc(-c3nc(-c4ccc5sc6ccccc6c5c4)nc(-c4ccccc4-c4cccc5oc6cc(-c7cccc8ccccc78)ccc6c45)n3)c3ccccc23)cc1. The molecule has 13 aromatic rings. The molecular formula is C59H35N3OS. The molecule has 0 saturated heterocycles. The number of fused-ring (bicyclic) bond motifs is 8. The van der Waals surface area contributed by atoms with Gasteiger partial charge < -0.3 is 4.42 Å². The Hall–Kier alpha value is -8.25. The maximum absolute atomic E-state index is 6.69. The number of hydrogen-bond acceptors (Lipinski definition) is 5. The fourth-order valence-corrected chi connectivity index (χ4v) is 10.7. The Morgan fingerprint density at radius 3 is 1.77 bits per heavy atom. The van der Waals surface area contributed by atoms with E-state index in [0.29, 0.717) is 17.5 Å². The summed E-state index contributed by atoms with van der Waals surface area (Å²) in [6.45, 7) is 0. The molecule has 298 valence electrons. The molecule has 0 spiro atoms. The Morgan fingerprint density at radius 1 is 0.297 bits per heavy atom. The number of thiophene rings is 1. The van der Waals surface area contributed by atoms with Gasteiger partial charge in [0.05, 0.1) is 0 Å². The van der Waals surface area contributed by atoms with Gasteiger partial charge in [-0.2, -0.15) is 0 Å². The zero-order valence-electron chi connectivity index (χ0n) is 34.4. The summed E-state index contributed by atoms with van der Waals surface area (Å²) in [5, 5.41) is 9.20. The number of furan rings is 1. The average Bonchev–Trinajstić information content (AvgIpc) is 3.94. The lowest BCUT2D eigenvalue weighted by molar-refractivity contribution is 0.669. The molecule has 3 heterocycles. The summed E-state index contributed by atoms with van der Waals surface area (Å²) in [6.07, 6.45) is 0. The van der Waals surface area contributed by atoms with Crippen molar-refractivity contribution < 1.29 is 4.42 Å². The predicted molar refractivity (Wildman–Crippen MR) is 268 cm³/mol. The normalized spacial score (nSPS) is 11.8. The summed E-state index contributed by atoms with van der Waals surface area (Å²) < 4.78 is 9.18. The first-order valence-corrected chi connectivity index (χ1v) is 22.3. The maximum atomic E-state index is 6.69. The van der Waals surface area contributed by atoms with E-state index in [1.807, 2.05) is 11.3 Å². The quantitative estimate of drug-likeness (QED) is 0.167. The van der Waals surface area contributed by atoms with Gasteiger partial charge in [-0.3, -0.25) is 0 Å². The molecule has 13 rings (SSSR count). The number of benzene rings is 10. The highest BCUT2D eigenvalue weighted by molar-refractivity contribution is 7.25. The molecule has 4 nitrogen and oxygen atoms in total. The average molecular weight is 834 g/mol. The second-order valence-electron chi connectivity index (χ2n) is 16.3. The smallest absolute Gasteiger partial charge is 0.164 e. The second-order valence-corrected chi connectivity index (χ2v) is 17.3. The molecule has 0 radical (unpaired) electrons. The third-order valence-corrected chi connectivity index (χ3v) is 13.7. The number of nitrogens with zero attached hydrogens (tertiary/aromatic N) is 3. The van der Waals surface area contributed by atoms with Gasteiger partial charge >= 0.3 is 0 Å². The van der Waals surface area contributed by atoms with Crippen molar-refractivity contribution >= 4 is 75.0 Å². The zero-order valence-corrected chi connectivity index (χ0v) is 35.2. The van der Waals surface area contributed by atoms with Crippen molar-refractivity contribution in [3.8, 4) is 67.5 Å². The van der Waals surface area contributed by atoms with Crippen LogP contribution < -0.4 is 0 Å². The Labute approximate surface area is 372 Å². The van der Waals surface area contributed by atoms with Crippen LogP contribution in [0.5, 0.6) is 0 Å². The molecule has 0 aliphatic carbocycles. The van der Waals surface area contributed by atoms with Crippen LogP contribution in [0.15, 0.2) is 217 Å². The molecular weight excluding hydrogens is 799 g/mol. The van der Waals surface area contributed by atoms with Crippen LogP contribution in [0.25, 0.3) is 131 Å². The molecule has 0 aliphatic rings. The number of hydrogen-bond donors (Lipinski definition) is 0. The minimum atomic E-state index is 0.602. The Morgan fingerprint density at radius 2 is 0.891 bits per heavy atom. The van der Waals surface area contributed by atoms with Crippen LogP contribution in [-0.2, 0) is 0 Å². The zero-order chi connectivity index (χ0) is 42.1. The monoisotopic (exact) mass is 833 g/mol. The van der Waals surface area contributed by atoms with E-state index >= 15 is 0 Å². The van der Waals surface area contributed by atoms with Crippen molar-refractivity contribution in [1.29, 1.82) is 0 Å².